The van der Waals surface area contributed by atoms with Crippen molar-refractivity contribution in [3.8, 4) is 0 Å². The van der Waals surface area contributed by atoms with Crippen LogP contribution in [0.4, 0.5) is 0 Å². The number of guanidine groups is 1. The third-order valence-electron chi connectivity index (χ3n) is 5.90. The lowest BCUT2D eigenvalue weighted by atomic mass is 10.2. The summed E-state index contributed by atoms with van der Waals surface area (Å²) in [5, 5.41) is 7.06. The molecule has 30 heavy (non-hydrogen) atoms. The topological polar surface area (TPSA) is 57.0 Å². The van der Waals surface area contributed by atoms with Gasteiger partial charge in [0.15, 0.2) is 5.96 Å². The molecule has 0 amide bonds. The maximum absolute atomic E-state index is 4.75. The molecule has 0 aliphatic carbocycles. The first kappa shape index (κ1) is 20.4. The summed E-state index contributed by atoms with van der Waals surface area (Å²) in [6, 6.07) is 15.8. The van der Waals surface area contributed by atoms with Gasteiger partial charge < -0.3 is 15.0 Å². The van der Waals surface area contributed by atoms with E-state index in [-0.39, 0.29) is 0 Å². The molecular formula is C24H32N6. The Morgan fingerprint density at radius 3 is 2.80 bits per heavy atom. The van der Waals surface area contributed by atoms with E-state index in [1.807, 2.05) is 7.05 Å². The Labute approximate surface area is 179 Å². The summed E-state index contributed by atoms with van der Waals surface area (Å²) in [6.07, 6.45) is 6.15. The van der Waals surface area contributed by atoms with Gasteiger partial charge >= 0.3 is 0 Å². The lowest BCUT2D eigenvalue weighted by molar-refractivity contribution is 0.258. The van der Waals surface area contributed by atoms with Crippen molar-refractivity contribution in [1.29, 1.82) is 0 Å². The van der Waals surface area contributed by atoms with Gasteiger partial charge in [0.1, 0.15) is 5.65 Å². The van der Waals surface area contributed by atoms with Crippen molar-refractivity contribution in [1.82, 2.24) is 24.9 Å². The lowest BCUT2D eigenvalue weighted by Crippen LogP contribution is -2.45. The fourth-order valence-corrected chi connectivity index (χ4v) is 4.26. The van der Waals surface area contributed by atoms with Crippen LogP contribution in [0.15, 0.2) is 59.9 Å². The maximum Gasteiger partial charge on any atom is 0.191 e. The molecule has 1 fully saturated rings. The van der Waals surface area contributed by atoms with E-state index in [2.05, 4.69) is 93.6 Å². The molecule has 3 heterocycles. The predicted octanol–water partition coefficient (Wildman–Crippen LogP) is 3.01. The van der Waals surface area contributed by atoms with Crippen LogP contribution in [0.2, 0.25) is 0 Å². The Balaban J connectivity index is 1.27. The highest BCUT2D eigenvalue weighted by Gasteiger charge is 2.29. The summed E-state index contributed by atoms with van der Waals surface area (Å²) in [7, 11) is 1.84. The fourth-order valence-electron chi connectivity index (χ4n) is 4.26. The molecule has 2 N–H and O–H groups in total. The SMILES string of the molecule is CN=C(NCCc1cn2cccc(C)c2n1)NC1CC(C)N(Cc2ccccc2)C1. The number of likely N-dealkylation sites (tertiary alicyclic amines) is 1. The van der Waals surface area contributed by atoms with Gasteiger partial charge in [-0.3, -0.25) is 9.89 Å². The van der Waals surface area contributed by atoms with Gasteiger partial charge in [-0.1, -0.05) is 36.4 Å². The van der Waals surface area contributed by atoms with Crippen LogP contribution in [0.25, 0.3) is 5.65 Å². The van der Waals surface area contributed by atoms with Crippen LogP contribution in [0.5, 0.6) is 0 Å². The Morgan fingerprint density at radius 2 is 2.03 bits per heavy atom. The highest BCUT2D eigenvalue weighted by Crippen LogP contribution is 2.20. The fraction of sp³-hybridized carbons (Fsp3) is 0.417. The third kappa shape index (κ3) is 4.82. The van der Waals surface area contributed by atoms with E-state index in [0.29, 0.717) is 12.1 Å². The Hall–Kier alpha value is -2.86. The number of aromatic nitrogens is 2. The minimum absolute atomic E-state index is 0.410. The van der Waals surface area contributed by atoms with Crippen LogP contribution in [-0.2, 0) is 13.0 Å². The van der Waals surface area contributed by atoms with Gasteiger partial charge in [-0.15, -0.1) is 0 Å². The molecule has 0 radical (unpaired) electrons. The Morgan fingerprint density at radius 1 is 1.20 bits per heavy atom. The largest absolute Gasteiger partial charge is 0.356 e. The van der Waals surface area contributed by atoms with Crippen LogP contribution in [0, 0.1) is 6.92 Å². The van der Waals surface area contributed by atoms with E-state index in [9.17, 15) is 0 Å². The van der Waals surface area contributed by atoms with Crippen molar-refractivity contribution in [2.45, 2.75) is 45.3 Å². The molecule has 1 aliphatic rings. The summed E-state index contributed by atoms with van der Waals surface area (Å²) >= 11 is 0. The molecule has 6 nitrogen and oxygen atoms in total. The quantitative estimate of drug-likeness (QED) is 0.490. The molecular weight excluding hydrogens is 372 g/mol. The number of hydrogen-bond acceptors (Lipinski definition) is 3. The van der Waals surface area contributed by atoms with Crippen LogP contribution >= 0.6 is 0 Å². The highest BCUT2D eigenvalue weighted by atomic mass is 15.3. The smallest absolute Gasteiger partial charge is 0.191 e. The third-order valence-corrected chi connectivity index (χ3v) is 5.90. The summed E-state index contributed by atoms with van der Waals surface area (Å²) in [5.74, 6) is 0.869. The van der Waals surface area contributed by atoms with Gasteiger partial charge in [0.2, 0.25) is 0 Å². The van der Waals surface area contributed by atoms with Crippen LogP contribution in [0.3, 0.4) is 0 Å². The number of imidazole rings is 1. The molecule has 0 bridgehead atoms. The molecule has 1 saturated heterocycles. The second kappa shape index (κ2) is 9.30. The van der Waals surface area contributed by atoms with Crippen LogP contribution in [-0.4, -0.2) is 52.5 Å². The van der Waals surface area contributed by atoms with Crippen molar-refractivity contribution < 1.29 is 0 Å². The Bertz CT molecular complexity index is 993. The van der Waals surface area contributed by atoms with Gasteiger partial charge in [0.05, 0.1) is 5.69 Å². The summed E-state index contributed by atoms with van der Waals surface area (Å²) in [5.41, 5.74) is 4.70. The molecule has 1 aliphatic heterocycles. The van der Waals surface area contributed by atoms with Crippen LogP contribution < -0.4 is 10.6 Å². The number of hydrogen-bond donors (Lipinski definition) is 2. The first-order valence-electron chi connectivity index (χ1n) is 10.8. The standard InChI is InChI=1S/C24H32N6/c1-18-8-7-13-29-16-21(27-23(18)29)11-12-26-24(25-3)28-22-14-19(2)30(17-22)15-20-9-5-4-6-10-20/h4-10,13,16,19,22H,11-12,14-15,17H2,1-3H3,(H2,25,26,28). The zero-order valence-electron chi connectivity index (χ0n) is 18.2. The zero-order chi connectivity index (χ0) is 20.9. The molecule has 0 saturated carbocycles. The van der Waals surface area contributed by atoms with Gasteiger partial charge in [-0.05, 0) is 37.5 Å². The molecule has 3 aromatic rings. The average Bonchev–Trinajstić information content (AvgIpc) is 3.32. The van der Waals surface area contributed by atoms with E-state index in [1.54, 1.807) is 0 Å². The molecule has 4 rings (SSSR count). The summed E-state index contributed by atoms with van der Waals surface area (Å²) < 4.78 is 2.10. The number of rotatable bonds is 6. The van der Waals surface area contributed by atoms with Crippen molar-refractivity contribution in [3.63, 3.8) is 0 Å². The normalized spacial score (nSPS) is 20.0. The lowest BCUT2D eigenvalue weighted by Gasteiger charge is -2.21. The monoisotopic (exact) mass is 404 g/mol. The summed E-state index contributed by atoms with van der Waals surface area (Å²) in [4.78, 5) is 11.7. The number of nitrogens with zero attached hydrogens (tertiary/aromatic N) is 4. The van der Waals surface area contributed by atoms with E-state index in [4.69, 9.17) is 4.98 Å². The van der Waals surface area contributed by atoms with E-state index < -0.39 is 0 Å². The van der Waals surface area contributed by atoms with E-state index in [0.717, 1.165) is 49.8 Å². The number of pyridine rings is 1. The number of fused-ring (bicyclic) bond motifs is 1. The Kier molecular flexibility index (Phi) is 6.33. The van der Waals surface area contributed by atoms with E-state index in [1.165, 1.54) is 11.1 Å². The minimum atomic E-state index is 0.410. The van der Waals surface area contributed by atoms with E-state index >= 15 is 0 Å². The van der Waals surface area contributed by atoms with Crippen molar-refractivity contribution in [2.75, 3.05) is 20.1 Å². The molecule has 0 spiro atoms. The zero-order valence-corrected chi connectivity index (χ0v) is 18.2. The number of nitrogens with one attached hydrogen (secondary N) is 2. The number of aryl methyl sites for hydroxylation is 1. The van der Waals surface area contributed by atoms with Gasteiger partial charge in [-0.25, -0.2) is 4.98 Å². The number of benzene rings is 1. The number of aliphatic imine (C=N–C) groups is 1. The second-order valence-electron chi connectivity index (χ2n) is 8.24. The van der Waals surface area contributed by atoms with Gasteiger partial charge in [0, 0.05) is 57.6 Å². The predicted molar refractivity (Wildman–Crippen MR) is 123 cm³/mol. The van der Waals surface area contributed by atoms with Gasteiger partial charge in [-0.2, -0.15) is 0 Å². The molecule has 2 atom stereocenters. The molecule has 2 aromatic heterocycles. The van der Waals surface area contributed by atoms with Crippen molar-refractivity contribution in [2.24, 2.45) is 4.99 Å². The van der Waals surface area contributed by atoms with Crippen molar-refractivity contribution >= 4 is 11.6 Å². The molecule has 1 aromatic carbocycles. The first-order valence-corrected chi connectivity index (χ1v) is 10.8. The van der Waals surface area contributed by atoms with Crippen molar-refractivity contribution in [3.05, 3.63) is 71.7 Å². The first-order chi connectivity index (χ1) is 14.6. The average molecular weight is 405 g/mol. The highest BCUT2D eigenvalue weighted by molar-refractivity contribution is 5.80. The summed E-state index contributed by atoms with van der Waals surface area (Å²) in [6.45, 7) is 7.24. The van der Waals surface area contributed by atoms with Gasteiger partial charge in [0.25, 0.3) is 0 Å². The maximum atomic E-state index is 4.75. The van der Waals surface area contributed by atoms with Crippen LogP contribution in [0.1, 0.15) is 30.2 Å². The second-order valence-corrected chi connectivity index (χ2v) is 8.24. The molecule has 158 valence electrons. The molecule has 2 unspecified atom stereocenters. The molecule has 6 heteroatoms. The minimum Gasteiger partial charge on any atom is -0.356 e.